The van der Waals surface area contributed by atoms with Crippen molar-refractivity contribution in [1.29, 1.82) is 0 Å². The van der Waals surface area contributed by atoms with E-state index < -0.39 is 5.60 Å². The molecule has 70 valence electrons. The fourth-order valence-electron chi connectivity index (χ4n) is 0.700. The van der Waals surface area contributed by atoms with Gasteiger partial charge in [-0.15, -0.1) is 18.8 Å². The molecular formula is C11H14O2. The second-order valence-electron chi connectivity index (χ2n) is 3.19. The van der Waals surface area contributed by atoms with Crippen LogP contribution in [0.4, 0.5) is 0 Å². The van der Waals surface area contributed by atoms with E-state index in [2.05, 4.69) is 11.8 Å². The average molecular weight is 178 g/mol. The first kappa shape index (κ1) is 11.6. The molecule has 13 heavy (non-hydrogen) atoms. The molecule has 0 aliphatic rings. The van der Waals surface area contributed by atoms with Gasteiger partial charge in [-0.1, -0.05) is 5.92 Å². The highest BCUT2D eigenvalue weighted by atomic mass is 16.6. The van der Waals surface area contributed by atoms with Crippen molar-refractivity contribution >= 4 is 5.97 Å². The summed E-state index contributed by atoms with van der Waals surface area (Å²) in [5.74, 6) is 4.54. The van der Waals surface area contributed by atoms with Crippen LogP contribution in [0.2, 0.25) is 0 Å². The maximum atomic E-state index is 11.1. The minimum Gasteiger partial charge on any atom is -0.446 e. The van der Waals surface area contributed by atoms with Crippen LogP contribution in [0, 0.1) is 24.7 Å². The minimum atomic E-state index is -0.812. The van der Waals surface area contributed by atoms with E-state index in [0.29, 0.717) is 19.3 Å². The quantitative estimate of drug-likeness (QED) is 0.372. The van der Waals surface area contributed by atoms with Crippen molar-refractivity contribution in [1.82, 2.24) is 0 Å². The molecule has 0 aromatic heterocycles. The number of ether oxygens (including phenoxy) is 1. The van der Waals surface area contributed by atoms with Gasteiger partial charge in [-0.3, -0.25) is 4.79 Å². The smallest absolute Gasteiger partial charge is 0.307 e. The van der Waals surface area contributed by atoms with E-state index in [1.54, 1.807) is 13.8 Å². The lowest BCUT2D eigenvalue weighted by molar-refractivity contribution is -0.151. The third-order valence-electron chi connectivity index (χ3n) is 1.42. The van der Waals surface area contributed by atoms with Crippen molar-refractivity contribution in [2.75, 3.05) is 0 Å². The number of unbranched alkanes of at least 4 members (excludes halogenated alkanes) is 1. The summed E-state index contributed by atoms with van der Waals surface area (Å²) in [5.41, 5.74) is -0.812. The van der Waals surface area contributed by atoms with Crippen molar-refractivity contribution in [2.24, 2.45) is 0 Å². The molecule has 0 radical (unpaired) electrons. The molecule has 0 aliphatic heterocycles. The van der Waals surface area contributed by atoms with Gasteiger partial charge in [0.25, 0.3) is 0 Å². The summed E-state index contributed by atoms with van der Waals surface area (Å²) in [6, 6.07) is 0. The zero-order chi connectivity index (χ0) is 10.3. The van der Waals surface area contributed by atoms with Gasteiger partial charge in [0.2, 0.25) is 0 Å². The van der Waals surface area contributed by atoms with E-state index in [0.717, 1.165) is 0 Å². The first-order valence-electron chi connectivity index (χ1n) is 4.15. The Morgan fingerprint density at radius 1 is 1.46 bits per heavy atom. The normalized spacial score (nSPS) is 9.85. The first-order chi connectivity index (χ1) is 6.02. The summed E-state index contributed by atoms with van der Waals surface area (Å²) < 4.78 is 4.99. The average Bonchev–Trinajstić information content (AvgIpc) is 2.04. The highest BCUT2D eigenvalue weighted by Crippen LogP contribution is 2.09. The molecule has 0 aromatic rings. The topological polar surface area (TPSA) is 26.3 Å². The van der Waals surface area contributed by atoms with Gasteiger partial charge in [-0.2, -0.15) is 0 Å². The zero-order valence-corrected chi connectivity index (χ0v) is 8.09. The summed E-state index contributed by atoms with van der Waals surface area (Å²) >= 11 is 0. The van der Waals surface area contributed by atoms with E-state index in [1.807, 2.05) is 0 Å². The fourth-order valence-corrected chi connectivity index (χ4v) is 0.700. The highest BCUT2D eigenvalue weighted by molar-refractivity contribution is 5.70. The zero-order valence-electron chi connectivity index (χ0n) is 8.09. The third kappa shape index (κ3) is 5.82. The van der Waals surface area contributed by atoms with Crippen LogP contribution in [0.5, 0.6) is 0 Å². The summed E-state index contributed by atoms with van der Waals surface area (Å²) in [6.07, 6.45) is 11.7. The highest BCUT2D eigenvalue weighted by Gasteiger charge is 2.18. The van der Waals surface area contributed by atoms with Gasteiger partial charge in [-0.25, -0.2) is 0 Å². The molecule has 0 bridgehead atoms. The lowest BCUT2D eigenvalue weighted by Crippen LogP contribution is -2.25. The lowest BCUT2D eigenvalue weighted by Gasteiger charge is -2.18. The molecule has 0 amide bonds. The number of terminal acetylenes is 2. The molecule has 0 atom stereocenters. The molecule has 0 saturated heterocycles. The molecule has 0 unspecified atom stereocenters. The fraction of sp³-hybridized carbons (Fsp3) is 0.545. The van der Waals surface area contributed by atoms with Gasteiger partial charge in [0.05, 0.1) is 0 Å². The maximum absolute atomic E-state index is 11.1. The molecule has 0 spiro atoms. The Morgan fingerprint density at radius 2 is 2.08 bits per heavy atom. The maximum Gasteiger partial charge on any atom is 0.307 e. The molecule has 2 nitrogen and oxygen atoms in total. The van der Waals surface area contributed by atoms with Crippen LogP contribution in [0.3, 0.4) is 0 Å². The Morgan fingerprint density at radius 3 is 2.54 bits per heavy atom. The number of hydrogen-bond donors (Lipinski definition) is 0. The Hall–Kier alpha value is -1.41. The molecule has 0 aliphatic carbocycles. The van der Waals surface area contributed by atoms with Crippen LogP contribution in [0.25, 0.3) is 0 Å². The minimum absolute atomic E-state index is 0.293. The molecule has 0 fully saturated rings. The van der Waals surface area contributed by atoms with E-state index >= 15 is 0 Å². The summed E-state index contributed by atoms with van der Waals surface area (Å²) in [6.45, 7) is 3.35. The molecule has 0 aromatic carbocycles. The van der Waals surface area contributed by atoms with Crippen LogP contribution in [-0.2, 0) is 9.53 Å². The Bertz CT molecular complexity index is 250. The van der Waals surface area contributed by atoms with Gasteiger partial charge >= 0.3 is 5.97 Å². The third-order valence-corrected chi connectivity index (χ3v) is 1.42. The number of hydrogen-bond acceptors (Lipinski definition) is 2. The molecular weight excluding hydrogens is 164 g/mol. The van der Waals surface area contributed by atoms with Gasteiger partial charge in [0, 0.05) is 12.8 Å². The van der Waals surface area contributed by atoms with Gasteiger partial charge in [0.15, 0.2) is 5.60 Å². The summed E-state index contributed by atoms with van der Waals surface area (Å²) in [4.78, 5) is 11.1. The van der Waals surface area contributed by atoms with Crippen LogP contribution in [0.1, 0.15) is 33.1 Å². The summed E-state index contributed by atoms with van der Waals surface area (Å²) in [5, 5.41) is 0. The Balaban J connectivity index is 3.78. The number of esters is 1. The second kappa shape index (κ2) is 5.27. The van der Waals surface area contributed by atoms with Gasteiger partial charge in [0.1, 0.15) is 0 Å². The monoisotopic (exact) mass is 178 g/mol. The second-order valence-corrected chi connectivity index (χ2v) is 3.19. The molecule has 0 N–H and O–H groups in total. The largest absolute Gasteiger partial charge is 0.446 e. The van der Waals surface area contributed by atoms with E-state index in [-0.39, 0.29) is 5.97 Å². The lowest BCUT2D eigenvalue weighted by atomic mass is 10.1. The molecule has 0 saturated carbocycles. The Kier molecular flexibility index (Phi) is 4.70. The van der Waals surface area contributed by atoms with Crippen LogP contribution < -0.4 is 0 Å². The number of rotatable bonds is 4. The number of carbonyl (C=O) groups is 1. The van der Waals surface area contributed by atoms with Crippen LogP contribution >= 0.6 is 0 Å². The molecule has 2 heteroatoms. The number of carbonyl (C=O) groups excluding carboxylic acids is 1. The van der Waals surface area contributed by atoms with E-state index in [9.17, 15) is 4.79 Å². The van der Waals surface area contributed by atoms with E-state index in [4.69, 9.17) is 17.6 Å². The first-order valence-corrected chi connectivity index (χ1v) is 4.15. The predicted molar refractivity (Wildman–Crippen MR) is 51.7 cm³/mol. The van der Waals surface area contributed by atoms with Crippen LogP contribution in [0.15, 0.2) is 0 Å². The predicted octanol–water partition coefficient (Wildman–Crippen LogP) is 1.74. The standard InChI is InChI=1S/C11H14O2/c1-5-7-8-9-10(12)13-11(3,4)6-2/h1-2H,7-9H2,3-4H3. The van der Waals surface area contributed by atoms with Crippen molar-refractivity contribution < 1.29 is 9.53 Å². The van der Waals surface area contributed by atoms with Crippen LogP contribution in [-0.4, -0.2) is 11.6 Å². The van der Waals surface area contributed by atoms with Crippen molar-refractivity contribution in [3.63, 3.8) is 0 Å². The van der Waals surface area contributed by atoms with Gasteiger partial charge in [-0.05, 0) is 20.3 Å². The van der Waals surface area contributed by atoms with Crippen molar-refractivity contribution in [3.8, 4) is 24.7 Å². The van der Waals surface area contributed by atoms with Gasteiger partial charge < -0.3 is 4.74 Å². The SMILES string of the molecule is C#CCCCC(=O)OC(C)(C)C#C. The molecule has 0 rings (SSSR count). The Labute approximate surface area is 79.7 Å². The molecule has 0 heterocycles. The van der Waals surface area contributed by atoms with E-state index in [1.165, 1.54) is 0 Å². The summed E-state index contributed by atoms with van der Waals surface area (Å²) in [7, 11) is 0. The van der Waals surface area contributed by atoms with Crippen molar-refractivity contribution in [2.45, 2.75) is 38.7 Å². The van der Waals surface area contributed by atoms with Crippen molar-refractivity contribution in [3.05, 3.63) is 0 Å².